The van der Waals surface area contributed by atoms with E-state index in [1.807, 2.05) is 13.0 Å². The molecule has 2 rings (SSSR count). The number of aryl methyl sites for hydroxylation is 1. The molecule has 0 bridgehead atoms. The van der Waals surface area contributed by atoms with Crippen molar-refractivity contribution in [1.29, 1.82) is 0 Å². The van der Waals surface area contributed by atoms with E-state index >= 15 is 0 Å². The maximum atomic E-state index is 4.58. The van der Waals surface area contributed by atoms with E-state index in [2.05, 4.69) is 40.9 Å². The zero-order chi connectivity index (χ0) is 10.8. The van der Waals surface area contributed by atoms with Crippen molar-refractivity contribution < 1.29 is 0 Å². The van der Waals surface area contributed by atoms with E-state index in [4.69, 9.17) is 0 Å². The van der Waals surface area contributed by atoms with Gasteiger partial charge in [-0.15, -0.1) is 0 Å². The van der Waals surface area contributed by atoms with E-state index in [0.29, 0.717) is 6.04 Å². The predicted octanol–water partition coefficient (Wildman–Crippen LogP) is 1.53. The SMILES string of the molecule is Cc1cccc(N2CCN(C)C[C@@H]2C)n1. The zero-order valence-corrected chi connectivity index (χ0v) is 9.77. The van der Waals surface area contributed by atoms with Gasteiger partial charge >= 0.3 is 0 Å². The molecule has 1 aromatic rings. The molecule has 1 aliphatic rings. The molecule has 1 atom stereocenters. The van der Waals surface area contributed by atoms with Crippen molar-refractivity contribution >= 4 is 5.82 Å². The van der Waals surface area contributed by atoms with Gasteiger partial charge in [0.15, 0.2) is 0 Å². The summed E-state index contributed by atoms with van der Waals surface area (Å²) in [5, 5.41) is 0. The van der Waals surface area contributed by atoms with Crippen LogP contribution in [-0.2, 0) is 0 Å². The average Bonchev–Trinajstić information content (AvgIpc) is 2.17. The first kappa shape index (κ1) is 10.4. The fourth-order valence-corrected chi connectivity index (χ4v) is 2.17. The third-order valence-electron chi connectivity index (χ3n) is 3.00. The van der Waals surface area contributed by atoms with Crippen LogP contribution in [0.3, 0.4) is 0 Å². The Labute approximate surface area is 91.7 Å². The lowest BCUT2D eigenvalue weighted by atomic mass is 10.2. The minimum Gasteiger partial charge on any atom is -0.351 e. The Morgan fingerprint density at radius 3 is 2.80 bits per heavy atom. The van der Waals surface area contributed by atoms with Gasteiger partial charge in [0.25, 0.3) is 0 Å². The Balaban J connectivity index is 2.17. The molecule has 82 valence electrons. The molecule has 1 fully saturated rings. The second-order valence-electron chi connectivity index (χ2n) is 4.44. The molecule has 15 heavy (non-hydrogen) atoms. The number of rotatable bonds is 1. The van der Waals surface area contributed by atoms with Crippen LogP contribution in [0.25, 0.3) is 0 Å². The minimum atomic E-state index is 0.554. The van der Waals surface area contributed by atoms with Gasteiger partial charge in [-0.3, -0.25) is 0 Å². The highest BCUT2D eigenvalue weighted by atomic mass is 15.3. The zero-order valence-electron chi connectivity index (χ0n) is 9.77. The van der Waals surface area contributed by atoms with Crippen LogP contribution in [0.4, 0.5) is 5.82 Å². The molecule has 0 radical (unpaired) electrons. The lowest BCUT2D eigenvalue weighted by Gasteiger charge is -2.39. The Kier molecular flexibility index (Phi) is 2.91. The predicted molar refractivity (Wildman–Crippen MR) is 63.3 cm³/mol. The normalized spacial score (nSPS) is 23.1. The second kappa shape index (κ2) is 4.19. The van der Waals surface area contributed by atoms with E-state index in [1.54, 1.807) is 0 Å². The standard InChI is InChI=1S/C12H19N3/c1-10-5-4-6-12(13-10)15-8-7-14(3)9-11(15)2/h4-6,11H,7-9H2,1-3H3/t11-/m0/s1. The molecule has 0 saturated carbocycles. The minimum absolute atomic E-state index is 0.554. The monoisotopic (exact) mass is 205 g/mol. The molecule has 0 N–H and O–H groups in total. The number of anilines is 1. The topological polar surface area (TPSA) is 19.4 Å². The van der Waals surface area contributed by atoms with Crippen molar-refractivity contribution in [1.82, 2.24) is 9.88 Å². The van der Waals surface area contributed by atoms with Gasteiger partial charge in [0.1, 0.15) is 5.82 Å². The van der Waals surface area contributed by atoms with Gasteiger partial charge in [0, 0.05) is 31.4 Å². The van der Waals surface area contributed by atoms with E-state index < -0.39 is 0 Å². The Morgan fingerprint density at radius 1 is 1.33 bits per heavy atom. The lowest BCUT2D eigenvalue weighted by Crippen LogP contribution is -2.50. The van der Waals surface area contributed by atoms with Crippen molar-refractivity contribution in [3.8, 4) is 0 Å². The highest BCUT2D eigenvalue weighted by Gasteiger charge is 2.22. The Hall–Kier alpha value is -1.09. The molecule has 0 spiro atoms. The molecular formula is C12H19N3. The third-order valence-corrected chi connectivity index (χ3v) is 3.00. The van der Waals surface area contributed by atoms with Gasteiger partial charge in [0.2, 0.25) is 0 Å². The summed E-state index contributed by atoms with van der Waals surface area (Å²) >= 11 is 0. The molecule has 0 aromatic carbocycles. The fraction of sp³-hybridized carbons (Fsp3) is 0.583. The summed E-state index contributed by atoms with van der Waals surface area (Å²) in [6, 6.07) is 6.79. The summed E-state index contributed by atoms with van der Waals surface area (Å²) < 4.78 is 0. The number of aromatic nitrogens is 1. The van der Waals surface area contributed by atoms with Gasteiger partial charge in [-0.2, -0.15) is 0 Å². The van der Waals surface area contributed by atoms with Crippen molar-refractivity contribution in [2.45, 2.75) is 19.9 Å². The highest BCUT2D eigenvalue weighted by Crippen LogP contribution is 2.17. The van der Waals surface area contributed by atoms with Crippen LogP contribution < -0.4 is 4.90 Å². The van der Waals surface area contributed by atoms with E-state index in [1.165, 1.54) is 0 Å². The number of piperazine rings is 1. The van der Waals surface area contributed by atoms with Crippen LogP contribution in [-0.4, -0.2) is 42.6 Å². The smallest absolute Gasteiger partial charge is 0.129 e. The first-order chi connectivity index (χ1) is 7.16. The quantitative estimate of drug-likeness (QED) is 0.693. The van der Waals surface area contributed by atoms with Gasteiger partial charge in [-0.05, 0) is 33.0 Å². The maximum absolute atomic E-state index is 4.58. The summed E-state index contributed by atoms with van der Waals surface area (Å²) in [5.41, 5.74) is 1.10. The van der Waals surface area contributed by atoms with E-state index in [0.717, 1.165) is 31.1 Å². The summed E-state index contributed by atoms with van der Waals surface area (Å²) in [7, 11) is 2.18. The number of hydrogen-bond donors (Lipinski definition) is 0. The van der Waals surface area contributed by atoms with Crippen LogP contribution in [0.15, 0.2) is 18.2 Å². The van der Waals surface area contributed by atoms with Crippen LogP contribution in [0.5, 0.6) is 0 Å². The number of nitrogens with zero attached hydrogens (tertiary/aromatic N) is 3. The Morgan fingerprint density at radius 2 is 2.13 bits per heavy atom. The first-order valence-electron chi connectivity index (χ1n) is 5.55. The molecule has 2 heterocycles. The van der Waals surface area contributed by atoms with E-state index in [9.17, 15) is 0 Å². The van der Waals surface area contributed by atoms with Crippen LogP contribution in [0, 0.1) is 6.92 Å². The molecule has 3 nitrogen and oxygen atoms in total. The number of likely N-dealkylation sites (N-methyl/N-ethyl adjacent to an activating group) is 1. The molecule has 3 heteroatoms. The molecule has 1 aromatic heterocycles. The molecule has 1 aliphatic heterocycles. The second-order valence-corrected chi connectivity index (χ2v) is 4.44. The van der Waals surface area contributed by atoms with Crippen molar-refractivity contribution in [3.05, 3.63) is 23.9 Å². The number of pyridine rings is 1. The number of hydrogen-bond acceptors (Lipinski definition) is 3. The molecule has 0 aliphatic carbocycles. The largest absolute Gasteiger partial charge is 0.351 e. The summed E-state index contributed by atoms with van der Waals surface area (Å²) in [4.78, 5) is 9.35. The molecule has 0 amide bonds. The highest BCUT2D eigenvalue weighted by molar-refractivity contribution is 5.41. The molecule has 1 saturated heterocycles. The Bertz CT molecular complexity index is 337. The summed E-state index contributed by atoms with van der Waals surface area (Å²) in [6.45, 7) is 7.63. The lowest BCUT2D eigenvalue weighted by molar-refractivity contribution is 0.274. The van der Waals surface area contributed by atoms with Crippen LogP contribution in [0.2, 0.25) is 0 Å². The van der Waals surface area contributed by atoms with Crippen molar-refractivity contribution in [3.63, 3.8) is 0 Å². The van der Waals surface area contributed by atoms with Crippen molar-refractivity contribution in [2.24, 2.45) is 0 Å². The fourth-order valence-electron chi connectivity index (χ4n) is 2.17. The van der Waals surface area contributed by atoms with Gasteiger partial charge in [-0.1, -0.05) is 6.07 Å². The summed E-state index contributed by atoms with van der Waals surface area (Å²) in [6.07, 6.45) is 0. The van der Waals surface area contributed by atoms with E-state index in [-0.39, 0.29) is 0 Å². The van der Waals surface area contributed by atoms with Gasteiger partial charge < -0.3 is 9.80 Å². The average molecular weight is 205 g/mol. The summed E-state index contributed by atoms with van der Waals surface area (Å²) in [5.74, 6) is 1.12. The van der Waals surface area contributed by atoms with Gasteiger partial charge in [-0.25, -0.2) is 4.98 Å². The molecule has 0 unspecified atom stereocenters. The third kappa shape index (κ3) is 2.29. The van der Waals surface area contributed by atoms with Gasteiger partial charge in [0.05, 0.1) is 0 Å². The maximum Gasteiger partial charge on any atom is 0.129 e. The van der Waals surface area contributed by atoms with Crippen LogP contribution >= 0.6 is 0 Å². The van der Waals surface area contributed by atoms with Crippen molar-refractivity contribution in [2.75, 3.05) is 31.6 Å². The van der Waals surface area contributed by atoms with Crippen LogP contribution in [0.1, 0.15) is 12.6 Å². The first-order valence-corrected chi connectivity index (χ1v) is 5.55. The molecular weight excluding hydrogens is 186 g/mol.